The molecule has 110 valence electrons. The minimum Gasteiger partial charge on any atom is -0.467 e. The quantitative estimate of drug-likeness (QED) is 0.491. The predicted octanol–water partition coefficient (Wildman–Crippen LogP) is -1.35. The maximum Gasteiger partial charge on any atom is 0.329 e. The van der Waals surface area contributed by atoms with Gasteiger partial charge in [-0.15, -0.1) is 12.3 Å². The van der Waals surface area contributed by atoms with Crippen molar-refractivity contribution < 1.29 is 24.2 Å². The highest BCUT2D eigenvalue weighted by atomic mass is 16.5. The van der Waals surface area contributed by atoms with E-state index in [2.05, 4.69) is 16.0 Å². The zero-order chi connectivity index (χ0) is 15.3. The van der Waals surface area contributed by atoms with Gasteiger partial charge in [0.25, 0.3) is 0 Å². The van der Waals surface area contributed by atoms with E-state index in [0.29, 0.717) is 0 Å². The fourth-order valence-corrected chi connectivity index (χ4v) is 2.13. The van der Waals surface area contributed by atoms with E-state index in [1.807, 2.05) is 0 Å². The van der Waals surface area contributed by atoms with Crippen LogP contribution in [0.2, 0.25) is 0 Å². The van der Waals surface area contributed by atoms with Crippen LogP contribution in [0.1, 0.15) is 19.8 Å². The van der Waals surface area contributed by atoms with Gasteiger partial charge in [0, 0.05) is 26.3 Å². The lowest BCUT2D eigenvalue weighted by atomic mass is 10.1. The molecule has 1 aliphatic heterocycles. The van der Waals surface area contributed by atoms with Crippen molar-refractivity contribution in [3.8, 4) is 12.3 Å². The summed E-state index contributed by atoms with van der Waals surface area (Å²) in [6.07, 6.45) is 4.51. The van der Waals surface area contributed by atoms with Gasteiger partial charge in [-0.3, -0.25) is 9.59 Å². The number of carbonyl (C=O) groups excluding carboxylic acids is 3. The molecule has 1 aliphatic rings. The van der Waals surface area contributed by atoms with Crippen LogP contribution in [0.4, 0.5) is 0 Å². The van der Waals surface area contributed by atoms with Crippen LogP contribution in [-0.4, -0.2) is 59.6 Å². The summed E-state index contributed by atoms with van der Waals surface area (Å²) in [5.41, 5.74) is 0. The Balaban J connectivity index is 2.75. The van der Waals surface area contributed by atoms with Gasteiger partial charge in [0.2, 0.25) is 11.8 Å². The molecule has 3 atom stereocenters. The molecule has 1 fully saturated rings. The third-order valence-electron chi connectivity index (χ3n) is 3.11. The van der Waals surface area contributed by atoms with Crippen LogP contribution in [0.3, 0.4) is 0 Å². The van der Waals surface area contributed by atoms with E-state index in [1.54, 1.807) is 0 Å². The van der Waals surface area contributed by atoms with Gasteiger partial charge in [-0.2, -0.15) is 0 Å². The summed E-state index contributed by atoms with van der Waals surface area (Å²) in [4.78, 5) is 36.3. The summed E-state index contributed by atoms with van der Waals surface area (Å²) in [6, 6.07) is -1.75. The summed E-state index contributed by atoms with van der Waals surface area (Å²) in [7, 11) is 1.19. The van der Waals surface area contributed by atoms with Gasteiger partial charge >= 0.3 is 5.97 Å². The zero-order valence-corrected chi connectivity index (χ0v) is 11.5. The molecule has 2 N–H and O–H groups in total. The average molecular weight is 282 g/mol. The van der Waals surface area contributed by atoms with Gasteiger partial charge < -0.3 is 20.1 Å². The third-order valence-corrected chi connectivity index (χ3v) is 3.11. The number of likely N-dealkylation sites (tertiary alicyclic amines) is 1. The molecule has 1 saturated heterocycles. The lowest BCUT2D eigenvalue weighted by Crippen LogP contribution is -2.50. The number of rotatable bonds is 4. The van der Waals surface area contributed by atoms with Gasteiger partial charge in [0.05, 0.1) is 13.2 Å². The third kappa shape index (κ3) is 3.71. The molecule has 0 saturated carbocycles. The fourth-order valence-electron chi connectivity index (χ4n) is 2.13. The summed E-state index contributed by atoms with van der Waals surface area (Å²) in [5.74, 6) is 0.790. The number of nitrogens with one attached hydrogen (secondary N) is 1. The maximum absolute atomic E-state index is 12.1. The van der Waals surface area contributed by atoms with Crippen molar-refractivity contribution in [2.75, 3.05) is 13.7 Å². The Labute approximate surface area is 117 Å². The SMILES string of the molecule is C#CC[C@@H](NC(=O)[C@@H]1C[C@@H](O)CN1C(C)=O)C(=O)OC. The molecule has 0 aromatic carbocycles. The highest BCUT2D eigenvalue weighted by Crippen LogP contribution is 2.18. The van der Waals surface area contributed by atoms with Crippen LogP contribution in [0.5, 0.6) is 0 Å². The van der Waals surface area contributed by atoms with Crippen molar-refractivity contribution in [1.82, 2.24) is 10.2 Å². The molecule has 7 nitrogen and oxygen atoms in total. The highest BCUT2D eigenvalue weighted by molar-refractivity contribution is 5.90. The molecule has 0 unspecified atom stereocenters. The van der Waals surface area contributed by atoms with E-state index in [9.17, 15) is 19.5 Å². The second-order valence-electron chi connectivity index (χ2n) is 4.57. The van der Waals surface area contributed by atoms with Gasteiger partial charge in [0.15, 0.2) is 0 Å². The van der Waals surface area contributed by atoms with Gasteiger partial charge in [0.1, 0.15) is 12.1 Å². The lowest BCUT2D eigenvalue weighted by molar-refractivity contribution is -0.146. The molecule has 1 heterocycles. The monoisotopic (exact) mass is 282 g/mol. The Morgan fingerprint density at radius 3 is 2.70 bits per heavy atom. The van der Waals surface area contributed by atoms with E-state index < -0.39 is 30.1 Å². The molecule has 2 amide bonds. The first-order chi connectivity index (χ1) is 9.40. The van der Waals surface area contributed by atoms with E-state index in [0.717, 1.165) is 0 Å². The number of carbonyl (C=O) groups is 3. The molecule has 0 spiro atoms. The summed E-state index contributed by atoms with van der Waals surface area (Å²) >= 11 is 0. The maximum atomic E-state index is 12.1. The van der Waals surface area contributed by atoms with Crippen LogP contribution >= 0.6 is 0 Å². The average Bonchev–Trinajstić information content (AvgIpc) is 2.79. The van der Waals surface area contributed by atoms with Crippen molar-refractivity contribution >= 4 is 17.8 Å². The number of nitrogens with zero attached hydrogens (tertiary/aromatic N) is 1. The molecule has 0 bridgehead atoms. The zero-order valence-electron chi connectivity index (χ0n) is 11.5. The van der Waals surface area contributed by atoms with Crippen molar-refractivity contribution in [3.63, 3.8) is 0 Å². The minimum absolute atomic E-state index is 0.00619. The fraction of sp³-hybridized carbons (Fsp3) is 0.615. The van der Waals surface area contributed by atoms with E-state index >= 15 is 0 Å². The first-order valence-corrected chi connectivity index (χ1v) is 6.17. The first kappa shape index (κ1) is 16.0. The van der Waals surface area contributed by atoms with Crippen LogP contribution < -0.4 is 5.32 Å². The van der Waals surface area contributed by atoms with Crippen LogP contribution in [0, 0.1) is 12.3 Å². The number of hydrogen-bond donors (Lipinski definition) is 2. The molecular weight excluding hydrogens is 264 g/mol. The molecule has 0 aromatic rings. The number of aliphatic hydroxyl groups excluding tert-OH is 1. The summed E-state index contributed by atoms with van der Waals surface area (Å²) in [5, 5.41) is 12.0. The Morgan fingerprint density at radius 2 is 2.20 bits per heavy atom. The van der Waals surface area contributed by atoms with E-state index in [-0.39, 0.29) is 25.3 Å². The molecule has 20 heavy (non-hydrogen) atoms. The molecule has 7 heteroatoms. The summed E-state index contributed by atoms with van der Waals surface area (Å²) in [6.45, 7) is 1.42. The Bertz CT molecular complexity index is 443. The van der Waals surface area contributed by atoms with E-state index in [4.69, 9.17) is 6.42 Å². The van der Waals surface area contributed by atoms with Crippen LogP contribution in [0.25, 0.3) is 0 Å². The predicted molar refractivity (Wildman–Crippen MR) is 69.2 cm³/mol. The molecule has 0 aromatic heterocycles. The van der Waals surface area contributed by atoms with Crippen molar-refractivity contribution in [1.29, 1.82) is 0 Å². The number of terminal acetylenes is 1. The van der Waals surface area contributed by atoms with Crippen molar-refractivity contribution in [3.05, 3.63) is 0 Å². The number of hydrogen-bond acceptors (Lipinski definition) is 5. The minimum atomic E-state index is -0.955. The van der Waals surface area contributed by atoms with Crippen LogP contribution in [-0.2, 0) is 19.1 Å². The number of esters is 1. The smallest absolute Gasteiger partial charge is 0.329 e. The normalized spacial score (nSPS) is 22.8. The molecule has 0 aliphatic carbocycles. The second kappa shape index (κ2) is 6.91. The van der Waals surface area contributed by atoms with E-state index in [1.165, 1.54) is 18.9 Å². The number of amides is 2. The van der Waals surface area contributed by atoms with Crippen molar-refractivity contribution in [2.24, 2.45) is 0 Å². The Hall–Kier alpha value is -2.07. The summed E-state index contributed by atoms with van der Waals surface area (Å²) < 4.78 is 4.54. The van der Waals surface area contributed by atoms with Gasteiger partial charge in [-0.05, 0) is 0 Å². The Morgan fingerprint density at radius 1 is 1.55 bits per heavy atom. The largest absolute Gasteiger partial charge is 0.467 e. The number of methoxy groups -OCH3 is 1. The number of β-amino-alcohol motifs (C(OH)–C–C–N with tert-alkyl or cyclic N) is 1. The first-order valence-electron chi connectivity index (χ1n) is 6.17. The topological polar surface area (TPSA) is 95.9 Å². The Kier molecular flexibility index (Phi) is 5.53. The standard InChI is InChI=1S/C13H18N2O5/c1-4-5-10(13(19)20-3)14-12(18)11-6-9(17)7-15(11)8(2)16/h1,9-11,17H,5-7H2,2-3H3,(H,14,18)/t9-,10-,11+/m1/s1. The highest BCUT2D eigenvalue weighted by Gasteiger charge is 2.38. The molecule has 0 radical (unpaired) electrons. The van der Waals surface area contributed by atoms with Gasteiger partial charge in [-0.25, -0.2) is 4.79 Å². The van der Waals surface area contributed by atoms with Gasteiger partial charge in [-0.1, -0.05) is 0 Å². The second-order valence-corrected chi connectivity index (χ2v) is 4.57. The number of ether oxygens (including phenoxy) is 1. The molecule has 1 rings (SSSR count). The number of aliphatic hydroxyl groups is 1. The van der Waals surface area contributed by atoms with Crippen LogP contribution in [0.15, 0.2) is 0 Å². The molecular formula is C13H18N2O5. The lowest BCUT2D eigenvalue weighted by Gasteiger charge is -2.23. The van der Waals surface area contributed by atoms with Crippen molar-refractivity contribution in [2.45, 2.75) is 38.0 Å².